The highest BCUT2D eigenvalue weighted by atomic mass is 16.2. The number of nitrogens with one attached hydrogen (secondary N) is 2. The van der Waals surface area contributed by atoms with Gasteiger partial charge >= 0.3 is 0 Å². The second-order valence-electron chi connectivity index (χ2n) is 15.8. The molecule has 0 radical (unpaired) electrons. The number of guanidine groups is 1. The third-order valence-electron chi connectivity index (χ3n) is 10.6. The van der Waals surface area contributed by atoms with E-state index in [2.05, 4.69) is 31.3 Å². The van der Waals surface area contributed by atoms with E-state index in [0.29, 0.717) is 19.4 Å². The van der Waals surface area contributed by atoms with Gasteiger partial charge in [-0.3, -0.25) is 15.0 Å². The van der Waals surface area contributed by atoms with Crippen LogP contribution in [0.5, 0.6) is 0 Å². The van der Waals surface area contributed by atoms with Crippen LogP contribution in [0.15, 0.2) is 12.2 Å². The van der Waals surface area contributed by atoms with Crippen LogP contribution in [0.4, 0.5) is 0 Å². The standard InChI is InChI=1S/C44H89N7O2/c1-4-6-8-10-12-14-16-18-20-21-23-25-27-29-31-33-38-51(37-32-30-28-26-24-22-19-17-15-13-11-9-7-5-2)43(53)41(46)39-49-42(52)40(45)35-34-36-50(3)44(47)48/h18,20,40-41H,4-17,19,21-39,45-46H2,1-3H3,(H3,47,48)(H,49,52)/b20-18-. The second-order valence-corrected chi connectivity index (χ2v) is 15.8. The molecule has 9 heteroatoms. The summed E-state index contributed by atoms with van der Waals surface area (Å²) in [5.74, 6) is -0.390. The third-order valence-corrected chi connectivity index (χ3v) is 10.6. The Morgan fingerprint density at radius 3 is 1.34 bits per heavy atom. The Hall–Kier alpha value is -2.13. The monoisotopic (exact) mass is 748 g/mol. The Morgan fingerprint density at radius 1 is 0.566 bits per heavy atom. The molecule has 53 heavy (non-hydrogen) atoms. The molecule has 0 fully saturated rings. The van der Waals surface area contributed by atoms with Crippen molar-refractivity contribution in [3.05, 3.63) is 12.2 Å². The van der Waals surface area contributed by atoms with Gasteiger partial charge in [-0.15, -0.1) is 0 Å². The summed E-state index contributed by atoms with van der Waals surface area (Å²) in [7, 11) is 1.74. The van der Waals surface area contributed by atoms with Crippen molar-refractivity contribution in [2.24, 2.45) is 17.2 Å². The Bertz CT molecular complexity index is 884. The van der Waals surface area contributed by atoms with Gasteiger partial charge in [0.2, 0.25) is 11.8 Å². The first-order valence-electron chi connectivity index (χ1n) is 22.5. The minimum absolute atomic E-state index is 0.0107. The Morgan fingerprint density at radius 2 is 0.943 bits per heavy atom. The fourth-order valence-corrected chi connectivity index (χ4v) is 6.84. The lowest BCUT2D eigenvalue weighted by Gasteiger charge is -2.26. The number of carbonyl (C=O) groups excluding carboxylic acids is 2. The zero-order valence-electron chi connectivity index (χ0n) is 35.3. The van der Waals surface area contributed by atoms with Crippen LogP contribution in [0, 0.1) is 5.41 Å². The number of carbonyl (C=O) groups is 2. The predicted molar refractivity (Wildman–Crippen MR) is 229 cm³/mol. The molecule has 312 valence electrons. The van der Waals surface area contributed by atoms with Crippen molar-refractivity contribution in [2.45, 2.75) is 219 Å². The molecule has 0 aromatic rings. The van der Waals surface area contributed by atoms with Gasteiger partial charge in [0, 0.05) is 33.2 Å². The molecule has 0 saturated carbocycles. The molecule has 0 aliphatic carbocycles. The average molecular weight is 748 g/mol. The maximum Gasteiger partial charge on any atom is 0.241 e. The molecule has 0 aromatic carbocycles. The van der Waals surface area contributed by atoms with Crippen molar-refractivity contribution in [3.63, 3.8) is 0 Å². The van der Waals surface area contributed by atoms with Gasteiger partial charge in [-0.05, 0) is 51.4 Å². The second kappa shape index (κ2) is 38.2. The third kappa shape index (κ3) is 33.0. The summed E-state index contributed by atoms with van der Waals surface area (Å²) in [6, 6.07) is -1.47. The van der Waals surface area contributed by atoms with Crippen LogP contribution >= 0.6 is 0 Å². The zero-order valence-corrected chi connectivity index (χ0v) is 35.3. The van der Waals surface area contributed by atoms with E-state index < -0.39 is 12.1 Å². The molecule has 2 unspecified atom stereocenters. The summed E-state index contributed by atoms with van der Waals surface area (Å²) < 4.78 is 0. The fraction of sp³-hybridized carbons (Fsp3) is 0.886. The SMILES string of the molecule is CCCCCCCC/C=C\CCCCCCCCN(CCCCCCCCCCCCCCCC)C(=O)C(N)CNC(=O)C(N)CCCN(C)C(=N)N. The summed E-state index contributed by atoms with van der Waals surface area (Å²) >= 11 is 0. The van der Waals surface area contributed by atoms with Gasteiger partial charge < -0.3 is 32.3 Å². The first kappa shape index (κ1) is 50.9. The molecule has 0 aliphatic rings. The molecule has 0 aliphatic heterocycles. The van der Waals surface area contributed by atoms with Crippen molar-refractivity contribution >= 4 is 17.8 Å². The molecule has 0 saturated heterocycles. The van der Waals surface area contributed by atoms with Gasteiger partial charge in [-0.1, -0.05) is 167 Å². The number of hydrogen-bond donors (Lipinski definition) is 5. The van der Waals surface area contributed by atoms with E-state index >= 15 is 0 Å². The first-order valence-corrected chi connectivity index (χ1v) is 22.5. The lowest BCUT2D eigenvalue weighted by atomic mass is 10.0. The highest BCUT2D eigenvalue weighted by molar-refractivity contribution is 5.85. The van der Waals surface area contributed by atoms with Crippen molar-refractivity contribution in [1.82, 2.24) is 15.1 Å². The van der Waals surface area contributed by atoms with Crippen LogP contribution in [0.1, 0.15) is 206 Å². The molecule has 2 atom stereocenters. The van der Waals surface area contributed by atoms with Gasteiger partial charge in [0.05, 0.1) is 6.04 Å². The van der Waals surface area contributed by atoms with E-state index in [1.54, 1.807) is 11.9 Å². The number of nitrogens with zero attached hydrogens (tertiary/aromatic N) is 2. The van der Waals surface area contributed by atoms with Gasteiger partial charge in [0.15, 0.2) is 5.96 Å². The maximum absolute atomic E-state index is 13.5. The van der Waals surface area contributed by atoms with E-state index in [9.17, 15) is 9.59 Å². The Kier molecular flexibility index (Phi) is 36.6. The topological polar surface area (TPSA) is 155 Å². The quantitative estimate of drug-likeness (QED) is 0.0183. The number of unbranched alkanes of at least 4 members (excludes halogenated alkanes) is 25. The molecule has 0 bridgehead atoms. The average Bonchev–Trinajstić information content (AvgIpc) is 3.15. The van der Waals surface area contributed by atoms with E-state index in [1.165, 1.54) is 154 Å². The summed E-state index contributed by atoms with van der Waals surface area (Å²) in [6.07, 6.45) is 41.8. The summed E-state index contributed by atoms with van der Waals surface area (Å²) in [6.45, 7) is 6.64. The van der Waals surface area contributed by atoms with Gasteiger partial charge in [0.25, 0.3) is 0 Å². The van der Waals surface area contributed by atoms with Gasteiger partial charge in [-0.2, -0.15) is 0 Å². The minimum atomic E-state index is -0.782. The number of rotatable bonds is 39. The highest BCUT2D eigenvalue weighted by Crippen LogP contribution is 2.15. The number of hydrogen-bond acceptors (Lipinski definition) is 5. The summed E-state index contributed by atoms with van der Waals surface area (Å²) in [5.41, 5.74) is 17.9. The molecule has 0 rings (SSSR count). The van der Waals surface area contributed by atoms with Crippen LogP contribution in [-0.2, 0) is 9.59 Å². The van der Waals surface area contributed by atoms with Crippen molar-refractivity contribution < 1.29 is 9.59 Å². The molecule has 8 N–H and O–H groups in total. The van der Waals surface area contributed by atoms with Crippen LogP contribution in [0.2, 0.25) is 0 Å². The fourth-order valence-electron chi connectivity index (χ4n) is 6.84. The molecule has 9 nitrogen and oxygen atoms in total. The lowest BCUT2D eigenvalue weighted by molar-refractivity contribution is -0.133. The van der Waals surface area contributed by atoms with Crippen molar-refractivity contribution in [1.29, 1.82) is 5.41 Å². The summed E-state index contributed by atoms with van der Waals surface area (Å²) in [5, 5.41) is 10.3. The van der Waals surface area contributed by atoms with Crippen LogP contribution < -0.4 is 22.5 Å². The smallest absolute Gasteiger partial charge is 0.241 e. The number of allylic oxidation sites excluding steroid dienone is 2. The first-order chi connectivity index (χ1) is 25.7. The Labute approximate surface area is 328 Å². The molecular weight excluding hydrogens is 659 g/mol. The van der Waals surface area contributed by atoms with E-state index in [1.807, 2.05) is 4.90 Å². The van der Waals surface area contributed by atoms with Crippen LogP contribution in [0.3, 0.4) is 0 Å². The lowest BCUT2D eigenvalue weighted by Crippen LogP contribution is -2.52. The van der Waals surface area contributed by atoms with Crippen molar-refractivity contribution in [2.75, 3.05) is 33.2 Å². The Balaban J connectivity index is 4.48. The zero-order chi connectivity index (χ0) is 39.2. The van der Waals surface area contributed by atoms with Gasteiger partial charge in [0.1, 0.15) is 6.04 Å². The van der Waals surface area contributed by atoms with Crippen LogP contribution in [-0.4, -0.2) is 72.9 Å². The summed E-state index contributed by atoms with van der Waals surface area (Å²) in [4.78, 5) is 29.6. The van der Waals surface area contributed by atoms with E-state index in [-0.39, 0.29) is 24.3 Å². The highest BCUT2D eigenvalue weighted by Gasteiger charge is 2.22. The molecule has 0 heterocycles. The molecular formula is C44H89N7O2. The molecule has 0 aromatic heterocycles. The van der Waals surface area contributed by atoms with E-state index in [4.69, 9.17) is 22.6 Å². The maximum atomic E-state index is 13.5. The van der Waals surface area contributed by atoms with Gasteiger partial charge in [-0.25, -0.2) is 0 Å². The predicted octanol–water partition coefficient (Wildman–Crippen LogP) is 9.71. The minimum Gasteiger partial charge on any atom is -0.370 e. The van der Waals surface area contributed by atoms with Crippen molar-refractivity contribution in [3.8, 4) is 0 Å². The number of amides is 2. The largest absolute Gasteiger partial charge is 0.370 e. The number of nitrogens with two attached hydrogens (primary N) is 3. The van der Waals surface area contributed by atoms with Crippen LogP contribution in [0.25, 0.3) is 0 Å². The molecule has 0 spiro atoms. The normalized spacial score (nSPS) is 12.6. The van der Waals surface area contributed by atoms with E-state index in [0.717, 1.165) is 38.8 Å². The molecule has 2 amide bonds.